The highest BCUT2D eigenvalue weighted by molar-refractivity contribution is 6.43. The van der Waals surface area contributed by atoms with Gasteiger partial charge in [-0.3, -0.25) is 14.4 Å². The summed E-state index contributed by atoms with van der Waals surface area (Å²) in [6, 6.07) is 14.6. The Balaban J connectivity index is 1.38. The molecule has 280 valence electrons. The van der Waals surface area contributed by atoms with Crippen molar-refractivity contribution in [1.82, 2.24) is 14.9 Å². The highest BCUT2D eigenvalue weighted by Crippen LogP contribution is 2.41. The number of nitrogens with zero attached hydrogens (tertiary/aromatic N) is 4. The number of carbonyl (C=O) groups excluding carboxylic acids is 3. The van der Waals surface area contributed by atoms with Gasteiger partial charge in [0, 0.05) is 34.2 Å². The number of hydrogen-bond acceptors (Lipinski definition) is 6. The zero-order chi connectivity index (χ0) is 38.8. The fourth-order valence-corrected chi connectivity index (χ4v) is 6.93. The third-order valence-electron chi connectivity index (χ3n) is 10.1. The van der Waals surface area contributed by atoms with Crippen LogP contribution >= 0.6 is 34.8 Å². The molecule has 3 amide bonds. The number of halogens is 3. The third kappa shape index (κ3) is 8.40. The molecule has 13 heteroatoms. The van der Waals surface area contributed by atoms with E-state index in [2.05, 4.69) is 74.4 Å². The number of imidazole rings is 1. The fraction of sp³-hybridized carbons (Fsp3) is 0.375. The summed E-state index contributed by atoms with van der Waals surface area (Å²) in [5.41, 5.74) is 2.83. The second-order valence-electron chi connectivity index (χ2n) is 14.4. The summed E-state index contributed by atoms with van der Waals surface area (Å²) in [5.74, 6) is -0.214. The molecule has 0 saturated carbocycles. The van der Waals surface area contributed by atoms with Crippen molar-refractivity contribution in [1.29, 1.82) is 0 Å². The number of aryl methyl sites for hydroxylation is 1. The van der Waals surface area contributed by atoms with Crippen LogP contribution in [0.1, 0.15) is 101 Å². The summed E-state index contributed by atoms with van der Waals surface area (Å²) in [6.07, 6.45) is 4.66. The highest BCUT2D eigenvalue weighted by atomic mass is 35.5. The van der Waals surface area contributed by atoms with E-state index in [0.717, 1.165) is 23.4 Å². The van der Waals surface area contributed by atoms with E-state index in [1.807, 2.05) is 13.0 Å². The van der Waals surface area contributed by atoms with E-state index in [9.17, 15) is 14.4 Å². The van der Waals surface area contributed by atoms with Crippen LogP contribution in [-0.4, -0.2) is 39.2 Å². The summed E-state index contributed by atoms with van der Waals surface area (Å²) >= 11 is 19.0. The molecule has 2 N–H and O–H groups in total. The lowest BCUT2D eigenvalue weighted by molar-refractivity contribution is -0.123. The van der Waals surface area contributed by atoms with Gasteiger partial charge >= 0.3 is 0 Å². The van der Waals surface area contributed by atoms with Gasteiger partial charge < -0.3 is 19.9 Å². The largest absolute Gasteiger partial charge is 0.480 e. The number of carbonyl (C=O) groups is 3. The van der Waals surface area contributed by atoms with E-state index in [1.54, 1.807) is 48.1 Å². The number of amidine groups is 1. The first kappa shape index (κ1) is 39.8. The summed E-state index contributed by atoms with van der Waals surface area (Å²) in [4.78, 5) is 45.5. The van der Waals surface area contributed by atoms with Crippen LogP contribution in [0.2, 0.25) is 15.1 Å². The number of rotatable bonds is 12. The second-order valence-corrected chi connectivity index (χ2v) is 15.6. The average molecular weight is 780 g/mol. The van der Waals surface area contributed by atoms with Gasteiger partial charge in [-0.25, -0.2) is 4.98 Å². The number of hydrazone groups is 1. The van der Waals surface area contributed by atoms with Crippen LogP contribution in [0, 0.1) is 6.92 Å². The van der Waals surface area contributed by atoms with Crippen molar-refractivity contribution in [2.45, 2.75) is 97.6 Å². The Hall–Kier alpha value is -4.38. The van der Waals surface area contributed by atoms with E-state index in [-0.39, 0.29) is 48.9 Å². The Bertz CT molecular complexity index is 2050. The third-order valence-corrected chi connectivity index (χ3v) is 10.9. The molecular formula is C40H45Cl3N6O4. The molecule has 0 bridgehead atoms. The van der Waals surface area contributed by atoms with Crippen LogP contribution in [0.25, 0.3) is 0 Å². The first-order valence-corrected chi connectivity index (χ1v) is 18.7. The summed E-state index contributed by atoms with van der Waals surface area (Å²) in [5, 5.41) is 11.7. The quantitative estimate of drug-likeness (QED) is 0.149. The van der Waals surface area contributed by atoms with Crippen molar-refractivity contribution < 1.29 is 19.1 Å². The van der Waals surface area contributed by atoms with Crippen LogP contribution in [0.15, 0.2) is 72.1 Å². The molecule has 1 aromatic heterocycles. The zero-order valence-electron chi connectivity index (χ0n) is 31.2. The molecule has 5 rings (SSSR count). The van der Waals surface area contributed by atoms with Crippen LogP contribution in [0.3, 0.4) is 0 Å². The van der Waals surface area contributed by atoms with Crippen LogP contribution < -0.4 is 20.4 Å². The van der Waals surface area contributed by atoms with Gasteiger partial charge in [0.1, 0.15) is 17.3 Å². The van der Waals surface area contributed by atoms with Crippen molar-refractivity contribution >= 4 is 69.7 Å². The summed E-state index contributed by atoms with van der Waals surface area (Å²) in [6.45, 7) is 16.8. The molecule has 0 radical (unpaired) electrons. The average Bonchev–Trinajstić information content (AvgIpc) is 3.67. The van der Waals surface area contributed by atoms with E-state index < -0.39 is 24.0 Å². The number of nitrogens with one attached hydrogen (secondary N) is 2. The van der Waals surface area contributed by atoms with Gasteiger partial charge in [0.15, 0.2) is 18.0 Å². The molecule has 10 nitrogen and oxygen atoms in total. The van der Waals surface area contributed by atoms with E-state index in [4.69, 9.17) is 39.5 Å². The van der Waals surface area contributed by atoms with Crippen molar-refractivity contribution in [2.24, 2.45) is 5.10 Å². The van der Waals surface area contributed by atoms with Gasteiger partial charge in [-0.15, -0.1) is 5.10 Å². The Morgan fingerprint density at radius 3 is 2.21 bits per heavy atom. The maximum Gasteiger partial charge on any atom is 0.278 e. The van der Waals surface area contributed by atoms with Gasteiger partial charge in [0.25, 0.3) is 17.7 Å². The molecule has 1 aliphatic rings. The SMILES string of the molecule is CCC(Oc1ccc(C(C)(C)CC)cc1C(C)(C)CC)C(=O)Nc1cccc(C(=O)NC2=NN(c3c(Cl)cc(Cl)cc3Cl)C(=O)C2n2ccnc2C)c1. The lowest BCUT2D eigenvalue weighted by Gasteiger charge is -2.31. The first-order valence-electron chi connectivity index (χ1n) is 17.6. The predicted octanol–water partition coefficient (Wildman–Crippen LogP) is 9.65. The van der Waals surface area contributed by atoms with Crippen LogP contribution in [-0.2, 0) is 20.4 Å². The van der Waals surface area contributed by atoms with Gasteiger partial charge in [-0.2, -0.15) is 5.01 Å². The maximum absolute atomic E-state index is 13.8. The van der Waals surface area contributed by atoms with Crippen molar-refractivity contribution in [3.63, 3.8) is 0 Å². The van der Waals surface area contributed by atoms with E-state index in [0.29, 0.717) is 23.7 Å². The number of aromatic nitrogens is 2. The molecule has 4 aromatic rings. The maximum atomic E-state index is 13.8. The van der Waals surface area contributed by atoms with Crippen molar-refractivity contribution in [3.8, 4) is 5.75 Å². The van der Waals surface area contributed by atoms with E-state index in [1.165, 1.54) is 17.7 Å². The standard InChI is InChI=1S/C40H45Cl3N6O4/c1-9-31(53-32-16-15-25(39(5,6)10-2)20-28(32)40(7,8)11-3)37(51)45-27-14-12-13-24(19-27)36(50)46-35-34(48-18-17-44-23(48)4)38(52)49(47-35)33-29(42)21-26(41)22-30(33)43/h12-22,31,34H,9-11H2,1-8H3,(H,45,51)(H,46,47,50). The number of amides is 3. The smallest absolute Gasteiger partial charge is 0.278 e. The van der Waals surface area contributed by atoms with E-state index >= 15 is 0 Å². The molecule has 0 saturated heterocycles. The van der Waals surface area contributed by atoms with Gasteiger partial charge in [0.05, 0.1) is 10.0 Å². The number of hydrogen-bond donors (Lipinski definition) is 2. The summed E-state index contributed by atoms with van der Waals surface area (Å²) in [7, 11) is 0. The normalized spacial score (nSPS) is 15.3. The van der Waals surface area contributed by atoms with Crippen molar-refractivity contribution in [2.75, 3.05) is 10.3 Å². The fourth-order valence-electron chi connectivity index (χ4n) is 5.95. The van der Waals surface area contributed by atoms with Crippen molar-refractivity contribution in [3.05, 3.63) is 105 Å². The Morgan fingerprint density at radius 2 is 1.60 bits per heavy atom. The number of anilines is 2. The monoisotopic (exact) mass is 778 g/mol. The van der Waals surface area contributed by atoms with Crippen LogP contribution in [0.4, 0.5) is 11.4 Å². The van der Waals surface area contributed by atoms with Gasteiger partial charge in [-0.05, 0) is 79.0 Å². The van der Waals surface area contributed by atoms with Gasteiger partial charge in [-0.1, -0.05) is 101 Å². The zero-order valence-corrected chi connectivity index (χ0v) is 33.5. The predicted molar refractivity (Wildman–Crippen MR) is 213 cm³/mol. The lowest BCUT2D eigenvalue weighted by atomic mass is 9.76. The molecule has 0 fully saturated rings. The highest BCUT2D eigenvalue weighted by Gasteiger charge is 2.41. The Morgan fingerprint density at radius 1 is 0.925 bits per heavy atom. The molecule has 53 heavy (non-hydrogen) atoms. The molecule has 2 heterocycles. The Kier molecular flexibility index (Phi) is 12.0. The number of benzene rings is 3. The molecule has 1 aliphatic heterocycles. The Labute approximate surface area is 325 Å². The molecule has 0 aliphatic carbocycles. The minimum absolute atomic E-state index is 0.00725. The molecule has 0 spiro atoms. The topological polar surface area (TPSA) is 118 Å². The molecule has 2 atom stereocenters. The minimum atomic E-state index is -1.07. The first-order chi connectivity index (χ1) is 25.0. The molecular weight excluding hydrogens is 735 g/mol. The molecule has 3 aromatic carbocycles. The minimum Gasteiger partial charge on any atom is -0.480 e. The second kappa shape index (κ2) is 15.9. The number of ether oxygens (including phenoxy) is 1. The van der Waals surface area contributed by atoms with Crippen LogP contribution in [0.5, 0.6) is 5.75 Å². The molecule has 2 unspecified atom stereocenters. The summed E-state index contributed by atoms with van der Waals surface area (Å²) < 4.78 is 8.03. The lowest BCUT2D eigenvalue weighted by Crippen LogP contribution is -2.38. The van der Waals surface area contributed by atoms with Gasteiger partial charge in [0.2, 0.25) is 0 Å².